The van der Waals surface area contributed by atoms with Gasteiger partial charge < -0.3 is 19.3 Å². The molecule has 0 fully saturated rings. The molecule has 0 unspecified atom stereocenters. The van der Waals surface area contributed by atoms with Crippen LogP contribution in [0.1, 0.15) is 0 Å². The monoisotopic (exact) mass is 886 g/mol. The van der Waals surface area contributed by atoms with E-state index in [2.05, 4.69) is 144 Å². The van der Waals surface area contributed by atoms with E-state index in [0.29, 0.717) is 0 Å². The molecule has 0 atom stereocenters. The Labute approximate surface area is 354 Å². The minimum absolute atomic E-state index is 0.798. The van der Waals surface area contributed by atoms with Gasteiger partial charge in [0, 0.05) is 20.1 Å². The van der Waals surface area contributed by atoms with Gasteiger partial charge in [0.1, 0.15) is 0 Å². The van der Waals surface area contributed by atoms with Crippen molar-refractivity contribution in [2.75, 3.05) is 9.80 Å². The number of aromatic nitrogens is 2. The van der Waals surface area contributed by atoms with E-state index in [1.54, 1.807) is 0 Å². The van der Waals surface area contributed by atoms with Gasteiger partial charge in [-0.25, -0.2) is 0 Å². The summed E-state index contributed by atoms with van der Waals surface area (Å²) in [5.74, 6) is 3.29. The SMILES string of the molecule is Brc1ccc2c(c1)Oc1cc(Br)ccc1N2c1ccc(-c2ccccc2)nc1.[B]=NS.c1ccc(-c2ccc(N3c4ccccc4Oc4ccccc43)cn2)cc1. The molecule has 0 amide bonds. The number of anilines is 6. The summed E-state index contributed by atoms with van der Waals surface area (Å²) in [4.78, 5) is 13.8. The molecule has 6 aromatic carbocycles. The summed E-state index contributed by atoms with van der Waals surface area (Å²) in [5.41, 5.74) is 10.1. The molecule has 0 N–H and O–H groups in total. The van der Waals surface area contributed by atoms with E-state index in [9.17, 15) is 0 Å². The van der Waals surface area contributed by atoms with Gasteiger partial charge in [-0.3, -0.25) is 9.97 Å². The van der Waals surface area contributed by atoms with E-state index in [0.717, 1.165) is 88.6 Å². The van der Waals surface area contributed by atoms with Crippen molar-refractivity contribution < 1.29 is 9.47 Å². The summed E-state index contributed by atoms with van der Waals surface area (Å²) in [6, 6.07) is 57.0. The van der Waals surface area contributed by atoms with Crippen LogP contribution in [0.25, 0.3) is 22.5 Å². The Hall–Kier alpha value is -6.01. The number of thiol groups is 1. The predicted octanol–water partition coefficient (Wildman–Crippen LogP) is 14.4. The molecular formula is C46H31BBr2N5O2S. The molecule has 7 nitrogen and oxygen atoms in total. The molecule has 57 heavy (non-hydrogen) atoms. The van der Waals surface area contributed by atoms with Crippen molar-refractivity contribution in [3.63, 3.8) is 0 Å². The van der Waals surface area contributed by atoms with Crippen molar-refractivity contribution in [1.82, 2.24) is 9.97 Å². The van der Waals surface area contributed by atoms with Gasteiger partial charge in [0.2, 0.25) is 0 Å². The van der Waals surface area contributed by atoms with Crippen LogP contribution in [0.4, 0.5) is 34.1 Å². The molecule has 0 aliphatic carbocycles. The Morgan fingerprint density at radius 2 is 0.825 bits per heavy atom. The number of benzene rings is 6. The van der Waals surface area contributed by atoms with Gasteiger partial charge in [0.15, 0.2) is 23.0 Å². The van der Waals surface area contributed by atoms with E-state index in [-0.39, 0.29) is 0 Å². The Morgan fingerprint density at radius 3 is 1.23 bits per heavy atom. The molecule has 2 aliphatic heterocycles. The standard InChI is InChI=1S/C23H14Br2N2O.C23H16N2O.BHNS/c24-16-6-10-20-22(12-16)28-23-13-17(25)7-11-21(23)27(20)18-8-9-19(26-14-18)15-4-2-1-3-5-15;1-2-8-17(9-3-1)19-15-14-18(16-24-19)25-20-10-4-6-12-22(20)26-23-13-7-5-11-21(23)25;1-2-3/h1-14H;1-16H;3H. The maximum absolute atomic E-state index is 6.16. The first-order chi connectivity index (χ1) is 28.0. The largest absolute Gasteiger partial charge is 0.453 e. The van der Waals surface area contributed by atoms with Crippen LogP contribution in [0.2, 0.25) is 0 Å². The minimum Gasteiger partial charge on any atom is -0.453 e. The molecule has 0 spiro atoms. The molecule has 10 rings (SSSR count). The molecule has 11 heteroatoms. The van der Waals surface area contributed by atoms with E-state index >= 15 is 0 Å². The summed E-state index contributed by atoms with van der Waals surface area (Å²) >= 11 is 10.3. The van der Waals surface area contributed by atoms with Crippen molar-refractivity contribution in [2.24, 2.45) is 4.30 Å². The normalized spacial score (nSPS) is 11.7. The first-order valence-electron chi connectivity index (χ1n) is 17.8. The van der Waals surface area contributed by atoms with E-state index in [1.807, 2.05) is 109 Å². The number of pyridine rings is 2. The van der Waals surface area contributed by atoms with Crippen LogP contribution in [0.5, 0.6) is 23.0 Å². The molecule has 2 aliphatic rings. The summed E-state index contributed by atoms with van der Waals surface area (Å²) in [5, 5.41) is 0. The first-order valence-corrected chi connectivity index (χ1v) is 19.8. The fraction of sp³-hybridized carbons (Fsp3) is 0. The summed E-state index contributed by atoms with van der Waals surface area (Å²) in [6.07, 6.45) is 3.83. The Balaban J connectivity index is 0.000000150. The van der Waals surface area contributed by atoms with Crippen LogP contribution in [0.15, 0.2) is 195 Å². The third-order valence-electron chi connectivity index (χ3n) is 9.13. The molecule has 0 saturated carbocycles. The fourth-order valence-corrected chi connectivity index (χ4v) is 7.29. The Morgan fingerprint density at radius 1 is 0.456 bits per heavy atom. The third-order valence-corrected chi connectivity index (χ3v) is 10.1. The maximum Gasteiger partial charge on any atom is 0.151 e. The third kappa shape index (κ3) is 8.27. The number of halogens is 2. The van der Waals surface area contributed by atoms with Gasteiger partial charge in [-0.2, -0.15) is 0 Å². The zero-order valence-electron chi connectivity index (χ0n) is 30.2. The van der Waals surface area contributed by atoms with Crippen molar-refractivity contribution in [2.45, 2.75) is 0 Å². The number of rotatable bonds is 4. The summed E-state index contributed by atoms with van der Waals surface area (Å²) in [7, 11) is 4.34. The Bertz CT molecular complexity index is 2560. The van der Waals surface area contributed by atoms with Gasteiger partial charge in [-0.15, -0.1) is 0 Å². The zero-order chi connectivity index (χ0) is 39.1. The van der Waals surface area contributed by atoms with Crippen LogP contribution < -0.4 is 19.3 Å². The van der Waals surface area contributed by atoms with Crippen LogP contribution in [-0.2, 0) is 0 Å². The molecule has 275 valence electrons. The number of ether oxygens (including phenoxy) is 2. The van der Waals surface area contributed by atoms with Crippen molar-refractivity contribution in [3.8, 4) is 45.5 Å². The number of hydrogen-bond donors (Lipinski definition) is 1. The molecule has 8 aromatic rings. The first kappa shape index (κ1) is 37.9. The van der Waals surface area contributed by atoms with E-state index < -0.39 is 0 Å². The Kier molecular flexibility index (Phi) is 11.6. The van der Waals surface area contributed by atoms with Gasteiger partial charge in [0.25, 0.3) is 0 Å². The molecule has 4 heterocycles. The van der Waals surface area contributed by atoms with Crippen molar-refractivity contribution >= 4 is 86.4 Å². The smallest absolute Gasteiger partial charge is 0.151 e. The van der Waals surface area contributed by atoms with Crippen molar-refractivity contribution in [3.05, 3.63) is 191 Å². The quantitative estimate of drug-likeness (QED) is 0.140. The topological polar surface area (TPSA) is 63.1 Å². The van der Waals surface area contributed by atoms with Crippen LogP contribution in [0, 0.1) is 0 Å². The van der Waals surface area contributed by atoms with Gasteiger partial charge >= 0.3 is 24.8 Å². The molecule has 0 saturated heterocycles. The average Bonchev–Trinajstić information content (AvgIpc) is 3.26. The second kappa shape index (κ2) is 17.4. The van der Waals surface area contributed by atoms with E-state index in [4.69, 9.17) is 14.5 Å². The van der Waals surface area contributed by atoms with Crippen LogP contribution in [-0.4, -0.2) is 17.6 Å². The second-order valence-corrected chi connectivity index (χ2v) is 14.7. The second-order valence-electron chi connectivity index (χ2n) is 12.7. The van der Waals surface area contributed by atoms with Crippen LogP contribution in [0.3, 0.4) is 0 Å². The van der Waals surface area contributed by atoms with Gasteiger partial charge in [0.05, 0.1) is 57.9 Å². The molecular weight excluding hydrogens is 857 g/mol. The average molecular weight is 888 g/mol. The van der Waals surface area contributed by atoms with E-state index in [1.165, 1.54) is 0 Å². The predicted molar refractivity (Wildman–Crippen MR) is 241 cm³/mol. The van der Waals surface area contributed by atoms with Crippen molar-refractivity contribution in [1.29, 1.82) is 0 Å². The summed E-state index contributed by atoms with van der Waals surface area (Å²) < 4.78 is 16.9. The summed E-state index contributed by atoms with van der Waals surface area (Å²) in [6.45, 7) is 0. The van der Waals surface area contributed by atoms with Crippen LogP contribution >= 0.6 is 44.7 Å². The number of para-hydroxylation sites is 4. The zero-order valence-corrected chi connectivity index (χ0v) is 34.2. The maximum atomic E-state index is 6.16. The minimum atomic E-state index is 0.798. The molecule has 0 bridgehead atoms. The molecule has 2 aromatic heterocycles. The van der Waals surface area contributed by atoms with Gasteiger partial charge in [-0.1, -0.05) is 117 Å². The fourth-order valence-electron chi connectivity index (χ4n) is 6.61. The number of fused-ring (bicyclic) bond motifs is 4. The van der Waals surface area contributed by atoms with Gasteiger partial charge in [-0.05, 0) is 84.9 Å². The molecule has 1 radical (unpaired) electrons. The number of hydrogen-bond acceptors (Lipinski definition) is 8. The number of nitrogens with zero attached hydrogens (tertiary/aromatic N) is 5.